The summed E-state index contributed by atoms with van der Waals surface area (Å²) in [6.07, 6.45) is 1.27. The first kappa shape index (κ1) is 26.3. The second-order valence-electron chi connectivity index (χ2n) is 8.92. The van der Waals surface area contributed by atoms with Crippen molar-refractivity contribution in [3.8, 4) is 5.75 Å². The van der Waals surface area contributed by atoms with Crippen LogP contribution in [-0.4, -0.2) is 41.8 Å². The second kappa shape index (κ2) is 10.1. The van der Waals surface area contributed by atoms with Crippen LogP contribution in [0.5, 0.6) is 5.75 Å². The number of ether oxygens (including phenoxy) is 1. The van der Waals surface area contributed by atoms with Gasteiger partial charge in [-0.25, -0.2) is 12.9 Å². The van der Waals surface area contributed by atoms with E-state index < -0.39 is 38.7 Å². The van der Waals surface area contributed by atoms with Crippen LogP contribution in [0.2, 0.25) is 0 Å². The lowest BCUT2D eigenvalue weighted by atomic mass is 10.1. The van der Waals surface area contributed by atoms with E-state index in [9.17, 15) is 26.4 Å². The summed E-state index contributed by atoms with van der Waals surface area (Å²) in [7, 11) is -4.46. The van der Waals surface area contributed by atoms with Gasteiger partial charge in [0.25, 0.3) is 10.0 Å². The fraction of sp³-hybridized carbons (Fsp3) is 0.185. The molecule has 0 aliphatic carbocycles. The van der Waals surface area contributed by atoms with Gasteiger partial charge in [0.05, 0.1) is 28.2 Å². The zero-order valence-electron chi connectivity index (χ0n) is 20.2. The van der Waals surface area contributed by atoms with Gasteiger partial charge in [0.1, 0.15) is 11.9 Å². The lowest BCUT2D eigenvalue weighted by Crippen LogP contribution is -2.43. The average molecular weight is 558 g/mol. The molecule has 0 bridgehead atoms. The normalized spacial score (nSPS) is 15.9. The van der Waals surface area contributed by atoms with Gasteiger partial charge >= 0.3 is 12.1 Å². The summed E-state index contributed by atoms with van der Waals surface area (Å²) in [5.74, 6) is -0.896. The van der Waals surface area contributed by atoms with Gasteiger partial charge in [-0.15, -0.1) is 0 Å². The van der Waals surface area contributed by atoms with Crippen molar-refractivity contribution in [1.29, 1.82) is 0 Å². The Balaban J connectivity index is 1.54. The Labute approximate surface area is 221 Å². The number of nitrogens with zero attached hydrogens (tertiary/aromatic N) is 3. The number of halogens is 3. The molecule has 1 atom stereocenters. The number of hydrogen-bond acceptors (Lipinski definition) is 5. The van der Waals surface area contributed by atoms with Crippen molar-refractivity contribution in [2.24, 2.45) is 0 Å². The number of carboxylic acid groups (broad SMARTS) is 1. The fourth-order valence-electron chi connectivity index (χ4n) is 4.35. The van der Waals surface area contributed by atoms with Crippen LogP contribution in [0.3, 0.4) is 0 Å². The van der Waals surface area contributed by atoms with Crippen molar-refractivity contribution in [3.05, 3.63) is 89.7 Å². The smallest absolute Gasteiger partial charge is 0.416 e. The number of aromatic nitrogens is 2. The summed E-state index contributed by atoms with van der Waals surface area (Å²) in [5.41, 5.74) is 1.40. The van der Waals surface area contributed by atoms with Crippen molar-refractivity contribution in [2.45, 2.75) is 30.0 Å². The molecule has 0 amide bonds. The average Bonchev–Trinajstić information content (AvgIpc) is 3.39. The number of sulfonamides is 1. The van der Waals surface area contributed by atoms with Crippen molar-refractivity contribution >= 4 is 39.3 Å². The molecule has 0 saturated heterocycles. The largest absolute Gasteiger partial charge is 0.486 e. The molecule has 4 aromatic rings. The highest BCUT2D eigenvalue weighted by molar-refractivity contribution is 7.92. The molecule has 2 aromatic carbocycles. The highest BCUT2D eigenvalue weighted by Crippen LogP contribution is 2.40. The topological polar surface area (TPSA) is 101 Å². The zero-order chi connectivity index (χ0) is 27.8. The van der Waals surface area contributed by atoms with E-state index in [0.29, 0.717) is 11.6 Å². The predicted octanol–water partition coefficient (Wildman–Crippen LogP) is 5.34. The molecule has 0 saturated carbocycles. The van der Waals surface area contributed by atoms with Crippen molar-refractivity contribution < 1.29 is 36.2 Å². The number of benzene rings is 2. The molecule has 12 heteroatoms. The third kappa shape index (κ3) is 5.46. The maximum Gasteiger partial charge on any atom is 0.416 e. The number of alkyl halides is 3. The van der Waals surface area contributed by atoms with Crippen molar-refractivity contribution in [3.63, 3.8) is 0 Å². The molecule has 2 aromatic heterocycles. The number of anilines is 1. The van der Waals surface area contributed by atoms with E-state index in [1.165, 1.54) is 0 Å². The van der Waals surface area contributed by atoms with Crippen LogP contribution < -0.4 is 9.04 Å². The molecule has 0 spiro atoms. The van der Waals surface area contributed by atoms with E-state index in [4.69, 9.17) is 9.84 Å². The summed E-state index contributed by atoms with van der Waals surface area (Å²) >= 11 is 0. The molecular weight excluding hydrogens is 535 g/mol. The first-order chi connectivity index (χ1) is 18.5. The molecule has 1 aliphatic rings. The lowest BCUT2D eigenvalue weighted by molar-refractivity contribution is -0.138. The van der Waals surface area contributed by atoms with E-state index in [1.54, 1.807) is 41.2 Å². The fourth-order valence-corrected chi connectivity index (χ4v) is 5.90. The summed E-state index contributed by atoms with van der Waals surface area (Å²) in [4.78, 5) is 10.6. The van der Waals surface area contributed by atoms with Crippen LogP contribution >= 0.6 is 0 Å². The highest BCUT2D eigenvalue weighted by Gasteiger charge is 2.37. The van der Waals surface area contributed by atoms with Gasteiger partial charge in [-0.1, -0.05) is 24.3 Å². The Kier molecular flexibility index (Phi) is 6.81. The molecular formula is C27H22F3N3O5S. The van der Waals surface area contributed by atoms with E-state index in [2.05, 4.69) is 5.10 Å². The van der Waals surface area contributed by atoms with Gasteiger partial charge in [0.15, 0.2) is 0 Å². The van der Waals surface area contributed by atoms with Crippen LogP contribution in [-0.2, 0) is 21.0 Å². The number of fused-ring (bicyclic) bond motifs is 2. The molecule has 0 fully saturated rings. The first-order valence-electron chi connectivity index (χ1n) is 11.9. The Morgan fingerprint density at radius 1 is 1.10 bits per heavy atom. The Bertz CT molecular complexity index is 1680. The maximum atomic E-state index is 13.7. The third-order valence-electron chi connectivity index (χ3n) is 6.27. The second-order valence-corrected chi connectivity index (χ2v) is 10.8. The zero-order valence-corrected chi connectivity index (χ0v) is 21.1. The van der Waals surface area contributed by atoms with Crippen LogP contribution in [0.4, 0.5) is 18.9 Å². The van der Waals surface area contributed by atoms with E-state index in [0.717, 1.165) is 33.6 Å². The molecule has 1 aliphatic heterocycles. The predicted molar refractivity (Wildman–Crippen MR) is 138 cm³/mol. The van der Waals surface area contributed by atoms with Crippen LogP contribution in [0, 0.1) is 0 Å². The quantitative estimate of drug-likeness (QED) is 0.329. The van der Waals surface area contributed by atoms with Crippen LogP contribution in [0.15, 0.2) is 78.0 Å². The Morgan fingerprint density at radius 3 is 2.69 bits per heavy atom. The Morgan fingerprint density at radius 2 is 1.92 bits per heavy atom. The van der Waals surface area contributed by atoms with E-state index in [-0.39, 0.29) is 30.8 Å². The van der Waals surface area contributed by atoms with Gasteiger partial charge in [-0.3, -0.25) is 9.10 Å². The molecule has 3 heterocycles. The lowest BCUT2D eigenvalue weighted by Gasteiger charge is -2.35. The number of rotatable bonds is 7. The van der Waals surface area contributed by atoms with Gasteiger partial charge in [-0.05, 0) is 60.5 Å². The minimum absolute atomic E-state index is 0.0143. The van der Waals surface area contributed by atoms with E-state index >= 15 is 0 Å². The molecule has 39 heavy (non-hydrogen) atoms. The molecule has 1 N–H and O–H groups in total. The number of carbonyl (C=O) groups is 1. The van der Waals surface area contributed by atoms with Crippen LogP contribution in [0.1, 0.15) is 29.5 Å². The third-order valence-corrected chi connectivity index (χ3v) is 8.04. The Hall–Kier alpha value is -4.32. The summed E-state index contributed by atoms with van der Waals surface area (Å²) in [6.45, 7) is -0.263. The summed E-state index contributed by atoms with van der Waals surface area (Å²) < 4.78 is 76.0. The standard InChI is InChI=1S/C27H22F3N3O5S/c28-27(29,30)20-3-1-4-22(16-20)39(36,37)33-17-21(9-11-26(34)35)38-25-10-7-18(15-24(25)33)6-8-19-12-13-31-32-14-2-5-23(19)32/h1-8,10,12-16,21H,9,11,17H2,(H,34,35). The van der Waals surface area contributed by atoms with Crippen LogP contribution in [0.25, 0.3) is 17.7 Å². The maximum absolute atomic E-state index is 13.7. The minimum Gasteiger partial charge on any atom is -0.486 e. The molecule has 5 rings (SSSR count). The molecule has 1 unspecified atom stereocenters. The van der Waals surface area contributed by atoms with Crippen molar-refractivity contribution in [2.75, 3.05) is 10.8 Å². The summed E-state index contributed by atoms with van der Waals surface area (Å²) in [5, 5.41) is 13.3. The monoisotopic (exact) mass is 557 g/mol. The molecule has 202 valence electrons. The number of carboxylic acids is 1. The number of hydrogen-bond donors (Lipinski definition) is 1. The van der Waals surface area contributed by atoms with Gasteiger partial charge in [0.2, 0.25) is 0 Å². The van der Waals surface area contributed by atoms with Gasteiger partial charge in [-0.2, -0.15) is 18.3 Å². The minimum atomic E-state index is -4.73. The SMILES string of the molecule is O=C(O)CCC1CN(S(=O)(=O)c2cccc(C(F)(F)F)c2)c2cc(C=Cc3ccnn4cccc34)ccc2O1. The molecule has 0 radical (unpaired) electrons. The molecule has 8 nitrogen and oxygen atoms in total. The van der Waals surface area contributed by atoms with Gasteiger partial charge in [0, 0.05) is 24.4 Å². The van der Waals surface area contributed by atoms with Crippen molar-refractivity contribution in [1.82, 2.24) is 9.61 Å². The first-order valence-corrected chi connectivity index (χ1v) is 13.3. The summed E-state index contributed by atoms with van der Waals surface area (Å²) in [6, 6.07) is 13.9. The van der Waals surface area contributed by atoms with E-state index in [1.807, 2.05) is 24.3 Å². The van der Waals surface area contributed by atoms with Gasteiger partial charge < -0.3 is 9.84 Å². The highest BCUT2D eigenvalue weighted by atomic mass is 32.2. The number of aliphatic carboxylic acids is 1.